The zero-order valence-corrected chi connectivity index (χ0v) is 16.3. The van der Waals surface area contributed by atoms with Gasteiger partial charge in [0.1, 0.15) is 0 Å². The van der Waals surface area contributed by atoms with Crippen molar-refractivity contribution in [2.24, 2.45) is 5.92 Å². The monoisotopic (exact) mass is 417 g/mol. The predicted octanol–water partition coefficient (Wildman–Crippen LogP) is 4.89. The van der Waals surface area contributed by atoms with Crippen LogP contribution in [0.1, 0.15) is 30.4 Å². The van der Waals surface area contributed by atoms with Gasteiger partial charge in [0.15, 0.2) is 0 Å². The van der Waals surface area contributed by atoms with Crippen molar-refractivity contribution in [3.63, 3.8) is 0 Å². The maximum Gasteiger partial charge on any atom is 0.416 e. The van der Waals surface area contributed by atoms with Crippen LogP contribution < -0.4 is 10.2 Å². The Morgan fingerprint density at radius 2 is 1.83 bits per heavy atom. The Morgan fingerprint density at radius 1 is 1.07 bits per heavy atom. The number of urea groups is 1. The first kappa shape index (κ1) is 20.3. The van der Waals surface area contributed by atoms with Crippen LogP contribution >= 0.6 is 0 Å². The second-order valence-corrected chi connectivity index (χ2v) is 7.72. The summed E-state index contributed by atoms with van der Waals surface area (Å²) in [6.07, 6.45) is -1.91. The summed E-state index contributed by atoms with van der Waals surface area (Å²) >= 11 is 0. The normalized spacial score (nSPS) is 17.2. The molecule has 5 nitrogen and oxygen atoms in total. The van der Waals surface area contributed by atoms with Gasteiger partial charge in [-0.05, 0) is 55.2 Å². The molecule has 2 aromatic carbocycles. The minimum atomic E-state index is -4.42. The minimum absolute atomic E-state index is 0.0108. The van der Waals surface area contributed by atoms with E-state index in [4.69, 9.17) is 0 Å². The van der Waals surface area contributed by atoms with Crippen molar-refractivity contribution in [2.75, 3.05) is 23.3 Å². The summed E-state index contributed by atoms with van der Waals surface area (Å²) in [6.45, 7) is 1.10. The molecule has 0 atom stereocenters. The van der Waals surface area contributed by atoms with Crippen molar-refractivity contribution < 1.29 is 22.8 Å². The van der Waals surface area contributed by atoms with Crippen molar-refractivity contribution in [2.45, 2.75) is 32.0 Å². The standard InChI is InChI=1S/C22H22F3N3O2/c23-22(24,25)17-5-1-4-15(12-17)14-27-10-3-11-28(21(27)30)19-7-2-6-18(13-19)26-20(29)16-8-9-16/h1-2,4-7,12-13,16H,3,8-11,14H2,(H,26,29). The third kappa shape index (κ3) is 4.58. The molecule has 0 radical (unpaired) electrons. The van der Waals surface area contributed by atoms with Crippen LogP contribution in [0.15, 0.2) is 48.5 Å². The highest BCUT2D eigenvalue weighted by Crippen LogP contribution is 2.32. The Morgan fingerprint density at radius 3 is 2.57 bits per heavy atom. The van der Waals surface area contributed by atoms with Crippen molar-refractivity contribution >= 4 is 23.3 Å². The molecule has 1 aliphatic carbocycles. The largest absolute Gasteiger partial charge is 0.416 e. The smallest absolute Gasteiger partial charge is 0.326 e. The number of nitrogens with zero attached hydrogens (tertiary/aromatic N) is 2. The molecule has 1 heterocycles. The van der Waals surface area contributed by atoms with Gasteiger partial charge in [-0.3, -0.25) is 9.69 Å². The number of hydrogen-bond donors (Lipinski definition) is 1. The summed E-state index contributed by atoms with van der Waals surface area (Å²) < 4.78 is 38.9. The van der Waals surface area contributed by atoms with Crippen LogP contribution in [0.5, 0.6) is 0 Å². The summed E-state index contributed by atoms with van der Waals surface area (Å²) in [5.41, 5.74) is 1.00. The van der Waals surface area contributed by atoms with Crippen LogP contribution in [-0.4, -0.2) is 29.9 Å². The lowest BCUT2D eigenvalue weighted by atomic mass is 10.1. The fraction of sp³-hybridized carbons (Fsp3) is 0.364. The van der Waals surface area contributed by atoms with Crippen molar-refractivity contribution in [3.8, 4) is 0 Å². The molecular formula is C22H22F3N3O2. The molecule has 0 spiro atoms. The summed E-state index contributed by atoms with van der Waals surface area (Å²) in [6, 6.07) is 11.9. The van der Waals surface area contributed by atoms with E-state index in [9.17, 15) is 22.8 Å². The number of anilines is 2. The maximum absolute atomic E-state index is 13.0. The first-order valence-electron chi connectivity index (χ1n) is 9.95. The Hall–Kier alpha value is -3.03. The van der Waals surface area contributed by atoms with Gasteiger partial charge in [0.25, 0.3) is 0 Å². The Balaban J connectivity index is 1.47. The van der Waals surface area contributed by atoms with E-state index in [-0.39, 0.29) is 24.4 Å². The molecule has 1 saturated heterocycles. The molecule has 1 aliphatic heterocycles. The lowest BCUT2D eigenvalue weighted by molar-refractivity contribution is -0.137. The number of halogens is 3. The third-order valence-electron chi connectivity index (χ3n) is 5.31. The van der Waals surface area contributed by atoms with Gasteiger partial charge in [-0.25, -0.2) is 4.79 Å². The van der Waals surface area contributed by atoms with Crippen LogP contribution in [0.3, 0.4) is 0 Å². The number of carbonyl (C=O) groups excluding carboxylic acids is 2. The number of alkyl halides is 3. The number of rotatable bonds is 5. The van der Waals surface area contributed by atoms with E-state index >= 15 is 0 Å². The fourth-order valence-electron chi connectivity index (χ4n) is 3.58. The van der Waals surface area contributed by atoms with Crippen molar-refractivity contribution in [1.29, 1.82) is 0 Å². The molecule has 0 bridgehead atoms. The molecule has 8 heteroatoms. The molecule has 2 aromatic rings. The molecular weight excluding hydrogens is 395 g/mol. The van der Waals surface area contributed by atoms with E-state index in [1.54, 1.807) is 40.1 Å². The van der Waals surface area contributed by atoms with Gasteiger partial charge >= 0.3 is 12.2 Å². The van der Waals surface area contributed by atoms with Gasteiger partial charge in [0.2, 0.25) is 5.91 Å². The molecule has 2 aliphatic rings. The second kappa shape index (κ2) is 8.01. The van der Waals surface area contributed by atoms with E-state index in [0.29, 0.717) is 36.4 Å². The van der Waals surface area contributed by atoms with E-state index < -0.39 is 11.7 Å². The molecule has 30 heavy (non-hydrogen) atoms. The molecule has 4 rings (SSSR count). The van der Waals surface area contributed by atoms with Crippen molar-refractivity contribution in [3.05, 3.63) is 59.7 Å². The minimum Gasteiger partial charge on any atom is -0.326 e. The lowest BCUT2D eigenvalue weighted by Crippen LogP contribution is -2.49. The third-order valence-corrected chi connectivity index (χ3v) is 5.31. The SMILES string of the molecule is O=C(Nc1cccc(N2CCCN(Cc3cccc(C(F)(F)F)c3)C2=O)c1)C1CC1. The van der Waals surface area contributed by atoms with Gasteiger partial charge in [0.05, 0.1) is 5.56 Å². The van der Waals surface area contributed by atoms with Crippen LogP contribution in [0, 0.1) is 5.92 Å². The van der Waals surface area contributed by atoms with Crippen LogP contribution in [-0.2, 0) is 17.5 Å². The van der Waals surface area contributed by atoms with Crippen LogP contribution in [0.2, 0.25) is 0 Å². The first-order chi connectivity index (χ1) is 14.3. The average molecular weight is 417 g/mol. The van der Waals surface area contributed by atoms with Crippen molar-refractivity contribution in [1.82, 2.24) is 4.90 Å². The maximum atomic E-state index is 13.0. The highest BCUT2D eigenvalue weighted by Gasteiger charge is 2.32. The summed E-state index contributed by atoms with van der Waals surface area (Å²) in [5, 5.41) is 2.87. The van der Waals surface area contributed by atoms with E-state index in [2.05, 4.69) is 5.32 Å². The second-order valence-electron chi connectivity index (χ2n) is 7.72. The number of amides is 3. The molecule has 0 unspecified atom stereocenters. The number of carbonyl (C=O) groups is 2. The molecule has 3 amide bonds. The molecule has 1 saturated carbocycles. The summed E-state index contributed by atoms with van der Waals surface area (Å²) in [5.74, 6) is 0.0662. The quantitative estimate of drug-likeness (QED) is 0.754. The molecule has 1 N–H and O–H groups in total. The van der Waals surface area contributed by atoms with Gasteiger partial charge in [-0.2, -0.15) is 13.2 Å². The summed E-state index contributed by atoms with van der Waals surface area (Å²) in [7, 11) is 0. The van der Waals surface area contributed by atoms with Gasteiger partial charge in [-0.15, -0.1) is 0 Å². The van der Waals surface area contributed by atoms with Crippen LogP contribution in [0.25, 0.3) is 0 Å². The highest BCUT2D eigenvalue weighted by atomic mass is 19.4. The number of nitrogens with one attached hydrogen (secondary N) is 1. The molecule has 0 aromatic heterocycles. The lowest BCUT2D eigenvalue weighted by Gasteiger charge is -2.36. The Bertz CT molecular complexity index is 957. The van der Waals surface area contributed by atoms with Gasteiger partial charge < -0.3 is 10.2 Å². The average Bonchev–Trinajstić information content (AvgIpc) is 3.55. The van der Waals surface area contributed by atoms with E-state index in [1.165, 1.54) is 6.07 Å². The highest BCUT2D eigenvalue weighted by molar-refractivity contribution is 5.96. The Labute approximate surface area is 172 Å². The topological polar surface area (TPSA) is 52.7 Å². The zero-order valence-electron chi connectivity index (χ0n) is 16.3. The number of benzene rings is 2. The molecule has 2 fully saturated rings. The fourth-order valence-corrected chi connectivity index (χ4v) is 3.58. The first-order valence-corrected chi connectivity index (χ1v) is 9.95. The predicted molar refractivity (Wildman–Crippen MR) is 107 cm³/mol. The number of hydrogen-bond acceptors (Lipinski definition) is 2. The van der Waals surface area contributed by atoms with E-state index in [0.717, 1.165) is 25.0 Å². The molecule has 158 valence electrons. The zero-order chi connectivity index (χ0) is 21.3. The summed E-state index contributed by atoms with van der Waals surface area (Å²) in [4.78, 5) is 28.2. The van der Waals surface area contributed by atoms with Gasteiger partial charge in [0, 0.05) is 36.9 Å². The van der Waals surface area contributed by atoms with Crippen LogP contribution in [0.4, 0.5) is 29.3 Å². The van der Waals surface area contributed by atoms with E-state index in [1.807, 2.05) is 0 Å². The van der Waals surface area contributed by atoms with Gasteiger partial charge in [-0.1, -0.05) is 18.2 Å². The Kier molecular flexibility index (Phi) is 5.40.